The van der Waals surface area contributed by atoms with Crippen LogP contribution in [0.3, 0.4) is 0 Å². The van der Waals surface area contributed by atoms with Crippen LogP contribution in [0.25, 0.3) is 10.9 Å². The Bertz CT molecular complexity index is 552. The van der Waals surface area contributed by atoms with Gasteiger partial charge in [0.05, 0.1) is 16.8 Å². The second kappa shape index (κ2) is 3.62. The van der Waals surface area contributed by atoms with Crippen molar-refractivity contribution < 1.29 is 4.79 Å². The Labute approximate surface area is 95.4 Å². The van der Waals surface area contributed by atoms with Crippen LogP contribution in [0.1, 0.15) is 17.3 Å². The maximum Gasteiger partial charge on any atom is 0.163 e. The third kappa shape index (κ3) is 1.72. The fourth-order valence-corrected chi connectivity index (χ4v) is 1.83. The van der Waals surface area contributed by atoms with Crippen molar-refractivity contribution in [3.63, 3.8) is 0 Å². The van der Waals surface area contributed by atoms with Crippen LogP contribution in [-0.4, -0.2) is 10.8 Å². The van der Waals surface area contributed by atoms with Crippen LogP contribution in [0.5, 0.6) is 0 Å². The molecule has 15 heavy (non-hydrogen) atoms. The van der Waals surface area contributed by atoms with Gasteiger partial charge >= 0.3 is 0 Å². The predicted octanol–water partition coefficient (Wildman–Crippen LogP) is 2.78. The molecule has 0 saturated carbocycles. The number of halogens is 1. The number of aromatic nitrogens is 1. The molecule has 0 atom stereocenters. The molecule has 0 radical (unpaired) electrons. The van der Waals surface area contributed by atoms with Crippen molar-refractivity contribution in [3.05, 3.63) is 34.4 Å². The van der Waals surface area contributed by atoms with Gasteiger partial charge in [-0.15, -0.1) is 0 Å². The largest absolute Gasteiger partial charge is 0.398 e. The first-order chi connectivity index (χ1) is 7.09. The lowest BCUT2D eigenvalue weighted by molar-refractivity contribution is 0.101. The van der Waals surface area contributed by atoms with E-state index in [9.17, 15) is 4.79 Å². The van der Waals surface area contributed by atoms with Crippen LogP contribution in [-0.2, 0) is 0 Å². The number of anilines is 1. The molecular formula is C11H9BrN2O. The zero-order valence-corrected chi connectivity index (χ0v) is 9.71. The van der Waals surface area contributed by atoms with E-state index >= 15 is 0 Å². The highest BCUT2D eigenvalue weighted by Gasteiger charge is 2.09. The Morgan fingerprint density at radius 2 is 2.20 bits per heavy atom. The highest BCUT2D eigenvalue weighted by molar-refractivity contribution is 9.10. The summed E-state index contributed by atoms with van der Waals surface area (Å²) in [7, 11) is 0. The summed E-state index contributed by atoms with van der Waals surface area (Å²) < 4.78 is 0.921. The Hall–Kier alpha value is -1.42. The second-order valence-corrected chi connectivity index (χ2v) is 4.22. The van der Waals surface area contributed by atoms with Crippen LogP contribution in [0.4, 0.5) is 5.69 Å². The fourth-order valence-electron chi connectivity index (χ4n) is 1.47. The van der Waals surface area contributed by atoms with Crippen LogP contribution in [0.15, 0.2) is 28.9 Å². The van der Waals surface area contributed by atoms with Gasteiger partial charge in [-0.05, 0) is 25.1 Å². The molecule has 1 heterocycles. The summed E-state index contributed by atoms with van der Waals surface area (Å²) in [6, 6.07) is 5.62. The number of fused-ring (bicyclic) bond motifs is 1. The van der Waals surface area contributed by atoms with Gasteiger partial charge in [-0.1, -0.05) is 15.9 Å². The van der Waals surface area contributed by atoms with E-state index in [2.05, 4.69) is 20.9 Å². The van der Waals surface area contributed by atoms with Crippen molar-refractivity contribution in [3.8, 4) is 0 Å². The number of carbonyl (C=O) groups is 1. The van der Waals surface area contributed by atoms with Crippen molar-refractivity contribution in [2.24, 2.45) is 0 Å². The minimum absolute atomic E-state index is 0.0677. The summed E-state index contributed by atoms with van der Waals surface area (Å²) in [6.45, 7) is 1.48. The lowest BCUT2D eigenvalue weighted by Gasteiger charge is -2.05. The number of nitrogen functional groups attached to an aromatic ring is 1. The van der Waals surface area contributed by atoms with Crippen molar-refractivity contribution in [1.82, 2.24) is 4.98 Å². The lowest BCUT2D eigenvalue weighted by Crippen LogP contribution is -2.01. The van der Waals surface area contributed by atoms with Gasteiger partial charge in [-0.2, -0.15) is 0 Å². The smallest absolute Gasteiger partial charge is 0.163 e. The number of hydrogen-bond donors (Lipinski definition) is 1. The van der Waals surface area contributed by atoms with Gasteiger partial charge in [-0.3, -0.25) is 9.78 Å². The highest BCUT2D eigenvalue weighted by Crippen LogP contribution is 2.26. The molecule has 1 aromatic carbocycles. The second-order valence-electron chi connectivity index (χ2n) is 3.30. The molecule has 2 N–H and O–H groups in total. The molecule has 2 rings (SSSR count). The van der Waals surface area contributed by atoms with Gasteiger partial charge in [0.15, 0.2) is 5.78 Å². The average Bonchev–Trinajstić information content (AvgIpc) is 2.19. The zero-order valence-electron chi connectivity index (χ0n) is 8.12. The van der Waals surface area contributed by atoms with Crippen molar-refractivity contribution in [2.45, 2.75) is 6.92 Å². The lowest BCUT2D eigenvalue weighted by atomic mass is 10.1. The summed E-state index contributed by atoms with van der Waals surface area (Å²) in [4.78, 5) is 15.4. The topological polar surface area (TPSA) is 56.0 Å². The zero-order chi connectivity index (χ0) is 11.0. The maximum atomic E-state index is 11.3. The molecule has 76 valence electrons. The fraction of sp³-hybridized carbons (Fsp3) is 0.0909. The van der Waals surface area contributed by atoms with Gasteiger partial charge in [-0.25, -0.2) is 0 Å². The number of hydrogen-bond acceptors (Lipinski definition) is 3. The third-order valence-electron chi connectivity index (χ3n) is 2.25. The molecule has 0 unspecified atom stereocenters. The van der Waals surface area contributed by atoms with E-state index in [0.29, 0.717) is 11.3 Å². The Balaban J connectivity index is 2.82. The standard InChI is InChI=1S/C11H9BrN2O/c1-6(15)9-5-14-10-3-2-7(12)4-8(10)11(9)13/h2-5H,1H3,(H2,13,14). The molecule has 4 heteroatoms. The molecule has 0 aliphatic heterocycles. The van der Waals surface area contributed by atoms with Gasteiger partial charge in [0.1, 0.15) is 0 Å². The molecular weight excluding hydrogens is 256 g/mol. The van der Waals surface area contributed by atoms with E-state index in [1.165, 1.54) is 13.1 Å². The van der Waals surface area contributed by atoms with E-state index in [4.69, 9.17) is 5.73 Å². The monoisotopic (exact) mass is 264 g/mol. The number of rotatable bonds is 1. The van der Waals surface area contributed by atoms with Gasteiger partial charge < -0.3 is 5.73 Å². The first kappa shape index (κ1) is 10.1. The molecule has 0 spiro atoms. The first-order valence-electron chi connectivity index (χ1n) is 4.44. The summed E-state index contributed by atoms with van der Waals surface area (Å²) in [6.07, 6.45) is 1.52. The summed E-state index contributed by atoms with van der Waals surface area (Å²) >= 11 is 3.36. The molecule has 0 saturated heterocycles. The van der Waals surface area contributed by atoms with Crippen molar-refractivity contribution >= 4 is 38.3 Å². The number of nitrogens with two attached hydrogens (primary N) is 1. The van der Waals surface area contributed by atoms with Crippen LogP contribution in [0.2, 0.25) is 0 Å². The first-order valence-corrected chi connectivity index (χ1v) is 5.23. The SMILES string of the molecule is CC(=O)c1cnc2ccc(Br)cc2c1N. The Kier molecular flexibility index (Phi) is 2.44. The predicted molar refractivity (Wildman–Crippen MR) is 63.9 cm³/mol. The van der Waals surface area contributed by atoms with Crippen molar-refractivity contribution in [1.29, 1.82) is 0 Å². The minimum Gasteiger partial charge on any atom is -0.398 e. The maximum absolute atomic E-state index is 11.3. The average molecular weight is 265 g/mol. The quantitative estimate of drug-likeness (QED) is 0.806. The van der Waals surface area contributed by atoms with Gasteiger partial charge in [0.2, 0.25) is 0 Å². The Morgan fingerprint density at radius 1 is 1.47 bits per heavy atom. The molecule has 0 bridgehead atoms. The number of ketones is 1. The number of pyridine rings is 1. The normalized spacial score (nSPS) is 10.5. The summed E-state index contributed by atoms with van der Waals surface area (Å²) in [5.41, 5.74) is 7.67. The molecule has 0 amide bonds. The summed E-state index contributed by atoms with van der Waals surface area (Å²) in [5, 5.41) is 0.803. The number of benzene rings is 1. The third-order valence-corrected chi connectivity index (χ3v) is 2.74. The molecule has 3 nitrogen and oxygen atoms in total. The Morgan fingerprint density at radius 3 is 2.87 bits per heavy atom. The molecule has 1 aromatic heterocycles. The number of Topliss-reactive ketones (excluding diaryl/α,β-unsaturated/α-hetero) is 1. The van der Waals surface area contributed by atoms with Crippen molar-refractivity contribution in [2.75, 3.05) is 5.73 Å². The molecule has 2 aromatic rings. The van der Waals surface area contributed by atoms with Gasteiger partial charge in [0.25, 0.3) is 0 Å². The minimum atomic E-state index is -0.0677. The number of carbonyl (C=O) groups excluding carboxylic acids is 1. The highest BCUT2D eigenvalue weighted by atomic mass is 79.9. The number of nitrogens with zero attached hydrogens (tertiary/aromatic N) is 1. The van der Waals surface area contributed by atoms with E-state index in [0.717, 1.165) is 15.4 Å². The molecule has 0 fully saturated rings. The van der Waals surface area contributed by atoms with Crippen LogP contribution < -0.4 is 5.73 Å². The van der Waals surface area contributed by atoms with E-state index in [1.807, 2.05) is 18.2 Å². The van der Waals surface area contributed by atoms with Gasteiger partial charge in [0, 0.05) is 16.1 Å². The molecule has 0 aliphatic rings. The summed E-state index contributed by atoms with van der Waals surface area (Å²) in [5.74, 6) is -0.0677. The van der Waals surface area contributed by atoms with E-state index < -0.39 is 0 Å². The van der Waals surface area contributed by atoms with E-state index in [-0.39, 0.29) is 5.78 Å². The molecule has 0 aliphatic carbocycles. The van der Waals surface area contributed by atoms with Crippen LogP contribution >= 0.6 is 15.9 Å². The van der Waals surface area contributed by atoms with Crippen LogP contribution in [0, 0.1) is 0 Å². The van der Waals surface area contributed by atoms with E-state index in [1.54, 1.807) is 0 Å².